The number of aromatic nitrogens is 2. The van der Waals surface area contributed by atoms with Gasteiger partial charge >= 0.3 is 0 Å². The van der Waals surface area contributed by atoms with E-state index in [-0.39, 0.29) is 5.91 Å². The zero-order valence-corrected chi connectivity index (χ0v) is 8.61. The molecule has 0 saturated carbocycles. The Morgan fingerprint density at radius 1 is 1.33 bits per heavy atom. The zero-order chi connectivity index (χ0) is 10.8. The molecule has 0 atom stereocenters. The second kappa shape index (κ2) is 3.65. The summed E-state index contributed by atoms with van der Waals surface area (Å²) in [5.41, 5.74) is 3.02. The third kappa shape index (κ3) is 1.79. The summed E-state index contributed by atoms with van der Waals surface area (Å²) in [5, 5.41) is 2.52. The summed E-state index contributed by atoms with van der Waals surface area (Å²) in [5.74, 6) is -0.218. The van der Waals surface area contributed by atoms with E-state index in [0.717, 1.165) is 16.6 Å². The number of nitrogens with one attached hydrogen (secondary N) is 1. The maximum atomic E-state index is 11.3. The molecule has 2 rings (SSSR count). The molecule has 0 fully saturated rings. The van der Waals surface area contributed by atoms with Crippen molar-refractivity contribution in [2.45, 2.75) is 6.92 Å². The molecule has 1 amide bonds. The van der Waals surface area contributed by atoms with Crippen LogP contribution in [0.1, 0.15) is 16.1 Å². The van der Waals surface area contributed by atoms with Crippen LogP contribution < -0.4 is 5.32 Å². The average Bonchev–Trinajstić information content (AvgIpc) is 2.27. The minimum Gasteiger partial charge on any atom is -0.354 e. The van der Waals surface area contributed by atoms with Crippen LogP contribution in [0.15, 0.2) is 24.4 Å². The fourth-order valence-corrected chi connectivity index (χ4v) is 1.36. The van der Waals surface area contributed by atoms with E-state index in [1.807, 2.05) is 25.1 Å². The molecule has 1 N–H and O–H groups in total. The molecular formula is C11H11N3O. The van der Waals surface area contributed by atoms with Crippen LogP contribution in [0.25, 0.3) is 11.0 Å². The topological polar surface area (TPSA) is 54.9 Å². The van der Waals surface area contributed by atoms with Gasteiger partial charge < -0.3 is 5.32 Å². The maximum Gasteiger partial charge on any atom is 0.271 e. The molecule has 0 aliphatic rings. The highest BCUT2D eigenvalue weighted by Crippen LogP contribution is 2.11. The Morgan fingerprint density at radius 3 is 2.87 bits per heavy atom. The van der Waals surface area contributed by atoms with Crippen molar-refractivity contribution in [1.29, 1.82) is 0 Å². The van der Waals surface area contributed by atoms with Gasteiger partial charge in [0.2, 0.25) is 0 Å². The lowest BCUT2D eigenvalue weighted by Gasteiger charge is -2.01. The SMILES string of the molecule is CNC(=O)c1cnc2cc(C)ccc2n1. The Bertz CT molecular complexity index is 522. The lowest BCUT2D eigenvalue weighted by atomic mass is 10.2. The largest absolute Gasteiger partial charge is 0.354 e. The van der Waals surface area contributed by atoms with E-state index in [4.69, 9.17) is 0 Å². The molecule has 0 bridgehead atoms. The van der Waals surface area contributed by atoms with Gasteiger partial charge in [0.1, 0.15) is 5.69 Å². The summed E-state index contributed by atoms with van der Waals surface area (Å²) >= 11 is 0. The molecular weight excluding hydrogens is 190 g/mol. The number of carbonyl (C=O) groups is 1. The highest BCUT2D eigenvalue weighted by molar-refractivity contribution is 5.93. The molecule has 2 aromatic rings. The lowest BCUT2D eigenvalue weighted by Crippen LogP contribution is -2.19. The van der Waals surface area contributed by atoms with Crippen molar-refractivity contribution in [2.24, 2.45) is 0 Å². The number of hydrogen-bond acceptors (Lipinski definition) is 3. The van der Waals surface area contributed by atoms with Gasteiger partial charge in [-0.2, -0.15) is 0 Å². The van der Waals surface area contributed by atoms with Gasteiger partial charge in [0.05, 0.1) is 17.2 Å². The van der Waals surface area contributed by atoms with Crippen LogP contribution in [0.2, 0.25) is 0 Å². The monoisotopic (exact) mass is 201 g/mol. The minimum atomic E-state index is -0.218. The minimum absolute atomic E-state index is 0.218. The van der Waals surface area contributed by atoms with Gasteiger partial charge in [0.25, 0.3) is 5.91 Å². The number of fused-ring (bicyclic) bond motifs is 1. The number of carbonyl (C=O) groups excluding carboxylic acids is 1. The average molecular weight is 201 g/mol. The molecule has 0 aliphatic heterocycles. The van der Waals surface area contributed by atoms with Crippen molar-refractivity contribution in [1.82, 2.24) is 15.3 Å². The van der Waals surface area contributed by atoms with Gasteiger partial charge in [-0.05, 0) is 24.6 Å². The molecule has 0 saturated heterocycles. The predicted molar refractivity (Wildman–Crippen MR) is 57.7 cm³/mol. The fraction of sp³-hybridized carbons (Fsp3) is 0.182. The molecule has 1 heterocycles. The Morgan fingerprint density at radius 2 is 2.13 bits per heavy atom. The molecule has 4 heteroatoms. The lowest BCUT2D eigenvalue weighted by molar-refractivity contribution is 0.0958. The van der Waals surface area contributed by atoms with Gasteiger partial charge in [-0.15, -0.1) is 0 Å². The molecule has 0 radical (unpaired) electrons. The van der Waals surface area contributed by atoms with Crippen LogP contribution in [0.3, 0.4) is 0 Å². The smallest absolute Gasteiger partial charge is 0.271 e. The van der Waals surface area contributed by atoms with Gasteiger partial charge in [-0.25, -0.2) is 4.98 Å². The van der Waals surface area contributed by atoms with Crippen molar-refractivity contribution >= 4 is 16.9 Å². The number of rotatable bonds is 1. The van der Waals surface area contributed by atoms with E-state index in [9.17, 15) is 4.79 Å². The fourth-order valence-electron chi connectivity index (χ4n) is 1.36. The van der Waals surface area contributed by atoms with E-state index < -0.39 is 0 Å². The van der Waals surface area contributed by atoms with E-state index in [2.05, 4.69) is 15.3 Å². The van der Waals surface area contributed by atoms with Crippen LogP contribution in [0.4, 0.5) is 0 Å². The number of hydrogen-bond donors (Lipinski definition) is 1. The first-order valence-electron chi connectivity index (χ1n) is 4.66. The molecule has 1 aromatic carbocycles. The Kier molecular flexibility index (Phi) is 2.33. The highest BCUT2D eigenvalue weighted by atomic mass is 16.1. The van der Waals surface area contributed by atoms with E-state index in [1.54, 1.807) is 7.05 Å². The Hall–Kier alpha value is -1.97. The van der Waals surface area contributed by atoms with Gasteiger partial charge in [0, 0.05) is 7.05 Å². The Balaban J connectivity index is 2.57. The first-order valence-corrected chi connectivity index (χ1v) is 4.66. The number of nitrogens with zero attached hydrogens (tertiary/aromatic N) is 2. The summed E-state index contributed by atoms with van der Waals surface area (Å²) in [6.07, 6.45) is 1.49. The van der Waals surface area contributed by atoms with Crippen LogP contribution in [-0.4, -0.2) is 22.9 Å². The van der Waals surface area contributed by atoms with Gasteiger partial charge in [-0.1, -0.05) is 6.07 Å². The van der Waals surface area contributed by atoms with E-state index in [0.29, 0.717) is 5.69 Å². The Labute approximate surface area is 87.4 Å². The number of amides is 1. The molecule has 0 unspecified atom stereocenters. The summed E-state index contributed by atoms with van der Waals surface area (Å²) in [7, 11) is 1.57. The third-order valence-corrected chi connectivity index (χ3v) is 2.16. The zero-order valence-electron chi connectivity index (χ0n) is 8.61. The van der Waals surface area contributed by atoms with Crippen molar-refractivity contribution in [3.8, 4) is 0 Å². The third-order valence-electron chi connectivity index (χ3n) is 2.16. The summed E-state index contributed by atoms with van der Waals surface area (Å²) in [6.45, 7) is 1.99. The van der Waals surface area contributed by atoms with Crippen molar-refractivity contribution in [3.05, 3.63) is 35.7 Å². The van der Waals surface area contributed by atoms with Crippen molar-refractivity contribution in [2.75, 3.05) is 7.05 Å². The van der Waals surface area contributed by atoms with Crippen LogP contribution in [0.5, 0.6) is 0 Å². The first-order chi connectivity index (χ1) is 7.20. The number of benzene rings is 1. The highest BCUT2D eigenvalue weighted by Gasteiger charge is 2.06. The molecule has 76 valence electrons. The summed E-state index contributed by atoms with van der Waals surface area (Å²) in [6, 6.07) is 5.75. The molecule has 1 aromatic heterocycles. The molecule has 0 aliphatic carbocycles. The first kappa shape index (κ1) is 9.58. The van der Waals surface area contributed by atoms with Crippen LogP contribution in [-0.2, 0) is 0 Å². The standard InChI is InChI=1S/C11H11N3O/c1-7-3-4-8-9(5-7)13-6-10(14-8)11(15)12-2/h3-6H,1-2H3,(H,12,15). The second-order valence-electron chi connectivity index (χ2n) is 3.33. The molecule has 4 nitrogen and oxygen atoms in total. The van der Waals surface area contributed by atoms with Gasteiger partial charge in [0.15, 0.2) is 0 Å². The van der Waals surface area contributed by atoms with Crippen LogP contribution >= 0.6 is 0 Å². The second-order valence-corrected chi connectivity index (χ2v) is 3.33. The quantitative estimate of drug-likeness (QED) is 0.756. The van der Waals surface area contributed by atoms with E-state index in [1.165, 1.54) is 6.20 Å². The van der Waals surface area contributed by atoms with Crippen molar-refractivity contribution in [3.63, 3.8) is 0 Å². The van der Waals surface area contributed by atoms with Gasteiger partial charge in [-0.3, -0.25) is 9.78 Å². The number of aryl methyl sites for hydroxylation is 1. The van der Waals surface area contributed by atoms with E-state index >= 15 is 0 Å². The maximum absolute atomic E-state index is 11.3. The normalized spacial score (nSPS) is 10.3. The molecule has 15 heavy (non-hydrogen) atoms. The van der Waals surface area contributed by atoms with Crippen molar-refractivity contribution < 1.29 is 4.79 Å². The summed E-state index contributed by atoms with van der Waals surface area (Å²) < 4.78 is 0. The van der Waals surface area contributed by atoms with Crippen LogP contribution in [0, 0.1) is 6.92 Å². The molecule has 0 spiro atoms. The predicted octanol–water partition coefficient (Wildman–Crippen LogP) is 1.30. The summed E-state index contributed by atoms with van der Waals surface area (Å²) in [4.78, 5) is 19.7.